The summed E-state index contributed by atoms with van der Waals surface area (Å²) in [5, 5.41) is 5.45. The van der Waals surface area contributed by atoms with Crippen LogP contribution < -0.4 is 0 Å². The molecule has 1 aliphatic heterocycles. The second-order valence-electron chi connectivity index (χ2n) is 7.19. The summed E-state index contributed by atoms with van der Waals surface area (Å²) < 4.78 is 3.03. The maximum atomic E-state index is 12.6. The number of aromatic nitrogens is 3. The molecule has 0 aliphatic carbocycles. The van der Waals surface area contributed by atoms with Crippen LogP contribution in [0.2, 0.25) is 0 Å². The van der Waals surface area contributed by atoms with Crippen molar-refractivity contribution in [3.63, 3.8) is 0 Å². The number of para-hydroxylation sites is 1. The van der Waals surface area contributed by atoms with E-state index < -0.39 is 0 Å². The van der Waals surface area contributed by atoms with Gasteiger partial charge in [0.2, 0.25) is 5.91 Å². The van der Waals surface area contributed by atoms with Gasteiger partial charge in [0.15, 0.2) is 5.69 Å². The highest BCUT2D eigenvalue weighted by atomic mass is 32.1. The topological polar surface area (TPSA) is 71.3 Å². The summed E-state index contributed by atoms with van der Waals surface area (Å²) in [5.74, 6) is 0.0321. The van der Waals surface area contributed by atoms with E-state index >= 15 is 0 Å². The van der Waals surface area contributed by atoms with Crippen molar-refractivity contribution in [2.24, 2.45) is 0 Å². The van der Waals surface area contributed by atoms with Crippen molar-refractivity contribution in [2.45, 2.75) is 32.4 Å². The number of thiazole rings is 1. The maximum Gasteiger partial charge on any atom is 0.273 e. The Morgan fingerprint density at radius 2 is 2.04 bits per heavy atom. The number of carbonyl (C=O) groups excluding carboxylic acids is 2. The third-order valence-corrected chi connectivity index (χ3v) is 5.99. The molecule has 0 spiro atoms. The SMILES string of the molecule is CN(C)C(=O)c1cc2n(n1)CCN(C(=O)CCCc1nc3ccccc3s1)C2. The molecule has 7 nitrogen and oxygen atoms in total. The van der Waals surface area contributed by atoms with Crippen LogP contribution in [0.15, 0.2) is 30.3 Å². The zero-order chi connectivity index (χ0) is 19.7. The molecule has 0 radical (unpaired) electrons. The Morgan fingerprint density at radius 3 is 2.82 bits per heavy atom. The smallest absolute Gasteiger partial charge is 0.273 e. The van der Waals surface area contributed by atoms with Crippen LogP contribution >= 0.6 is 11.3 Å². The number of nitrogens with zero attached hydrogens (tertiary/aromatic N) is 5. The van der Waals surface area contributed by atoms with E-state index in [0.717, 1.165) is 29.1 Å². The Hall–Kier alpha value is -2.74. The first-order valence-electron chi connectivity index (χ1n) is 9.42. The fourth-order valence-electron chi connectivity index (χ4n) is 3.39. The van der Waals surface area contributed by atoms with E-state index in [4.69, 9.17) is 0 Å². The van der Waals surface area contributed by atoms with Crippen molar-refractivity contribution in [3.8, 4) is 0 Å². The minimum Gasteiger partial charge on any atom is -0.343 e. The largest absolute Gasteiger partial charge is 0.343 e. The van der Waals surface area contributed by atoms with Gasteiger partial charge in [-0.2, -0.15) is 5.10 Å². The second kappa shape index (κ2) is 7.71. The summed E-state index contributed by atoms with van der Waals surface area (Å²) in [6.07, 6.45) is 2.12. The number of benzene rings is 1. The normalized spacial score (nSPS) is 13.6. The predicted molar refractivity (Wildman–Crippen MR) is 108 cm³/mol. The van der Waals surface area contributed by atoms with Gasteiger partial charge >= 0.3 is 0 Å². The van der Waals surface area contributed by atoms with Crippen LogP contribution in [0.1, 0.15) is 34.0 Å². The number of carbonyl (C=O) groups is 2. The summed E-state index contributed by atoms with van der Waals surface area (Å²) in [6.45, 7) is 1.76. The Morgan fingerprint density at radius 1 is 1.21 bits per heavy atom. The lowest BCUT2D eigenvalue weighted by Gasteiger charge is -2.27. The van der Waals surface area contributed by atoms with Gasteiger partial charge in [-0.3, -0.25) is 14.3 Å². The van der Waals surface area contributed by atoms with Gasteiger partial charge in [-0.1, -0.05) is 12.1 Å². The van der Waals surface area contributed by atoms with E-state index in [1.54, 1.807) is 31.5 Å². The summed E-state index contributed by atoms with van der Waals surface area (Å²) in [7, 11) is 3.42. The fourth-order valence-corrected chi connectivity index (χ4v) is 4.40. The molecule has 0 N–H and O–H groups in total. The molecule has 2 aromatic heterocycles. The molecular formula is C20H23N5O2S. The minimum absolute atomic E-state index is 0.115. The predicted octanol–water partition coefficient (Wildman–Crippen LogP) is 2.56. The van der Waals surface area contributed by atoms with E-state index in [-0.39, 0.29) is 11.8 Å². The molecule has 0 saturated carbocycles. The lowest BCUT2D eigenvalue weighted by molar-refractivity contribution is -0.132. The van der Waals surface area contributed by atoms with Crippen LogP contribution in [0.3, 0.4) is 0 Å². The summed E-state index contributed by atoms with van der Waals surface area (Å²) in [6, 6.07) is 9.91. The zero-order valence-electron chi connectivity index (χ0n) is 16.1. The van der Waals surface area contributed by atoms with Crippen molar-refractivity contribution >= 4 is 33.4 Å². The van der Waals surface area contributed by atoms with E-state index in [0.29, 0.717) is 31.7 Å². The van der Waals surface area contributed by atoms with Crippen molar-refractivity contribution in [3.05, 3.63) is 46.7 Å². The van der Waals surface area contributed by atoms with Crippen LogP contribution in [0.4, 0.5) is 0 Å². The number of hydrogen-bond donors (Lipinski definition) is 0. The quantitative estimate of drug-likeness (QED) is 0.663. The van der Waals surface area contributed by atoms with E-state index in [1.807, 2.05) is 27.8 Å². The van der Waals surface area contributed by atoms with Crippen molar-refractivity contribution in [2.75, 3.05) is 20.6 Å². The molecule has 3 heterocycles. The first-order chi connectivity index (χ1) is 13.5. The van der Waals surface area contributed by atoms with Gasteiger partial charge in [0.25, 0.3) is 5.91 Å². The highest BCUT2D eigenvalue weighted by molar-refractivity contribution is 7.18. The van der Waals surface area contributed by atoms with Crippen LogP contribution in [-0.4, -0.2) is 57.0 Å². The third kappa shape index (κ3) is 3.77. The Kier molecular flexibility index (Phi) is 5.13. The lowest BCUT2D eigenvalue weighted by atomic mass is 10.2. The van der Waals surface area contributed by atoms with Crippen molar-refractivity contribution in [1.82, 2.24) is 24.6 Å². The van der Waals surface area contributed by atoms with Gasteiger partial charge in [-0.05, 0) is 31.0 Å². The lowest BCUT2D eigenvalue weighted by Crippen LogP contribution is -2.38. The van der Waals surface area contributed by atoms with E-state index in [1.165, 1.54) is 9.60 Å². The molecule has 28 heavy (non-hydrogen) atoms. The Labute approximate surface area is 167 Å². The number of hydrogen-bond acceptors (Lipinski definition) is 5. The molecule has 1 aromatic carbocycles. The molecule has 0 bridgehead atoms. The molecular weight excluding hydrogens is 374 g/mol. The fraction of sp³-hybridized carbons (Fsp3) is 0.400. The zero-order valence-corrected chi connectivity index (χ0v) is 16.9. The third-order valence-electron chi connectivity index (χ3n) is 4.90. The van der Waals surface area contributed by atoms with Crippen molar-refractivity contribution in [1.29, 1.82) is 0 Å². The monoisotopic (exact) mass is 397 g/mol. The number of fused-ring (bicyclic) bond motifs is 2. The number of amides is 2. The van der Waals surface area contributed by atoms with Crippen LogP contribution in [0.25, 0.3) is 10.2 Å². The number of rotatable bonds is 5. The standard InChI is InChI=1S/C20H23N5O2S/c1-23(2)20(27)16-12-14-13-24(10-11-25(14)22-16)19(26)9-5-8-18-21-15-6-3-4-7-17(15)28-18/h3-4,6-7,12H,5,8-11,13H2,1-2H3. The van der Waals surface area contributed by atoms with E-state index in [9.17, 15) is 9.59 Å². The first kappa shape index (κ1) is 18.6. The highest BCUT2D eigenvalue weighted by Gasteiger charge is 2.24. The molecule has 1 aliphatic rings. The average molecular weight is 398 g/mol. The van der Waals surface area contributed by atoms with E-state index in [2.05, 4.69) is 16.1 Å². The van der Waals surface area contributed by atoms with Gasteiger partial charge in [-0.25, -0.2) is 4.98 Å². The molecule has 0 atom stereocenters. The molecule has 8 heteroatoms. The maximum absolute atomic E-state index is 12.6. The minimum atomic E-state index is -0.115. The average Bonchev–Trinajstić information content (AvgIpc) is 3.29. The Balaban J connectivity index is 1.32. The Bertz CT molecular complexity index is 990. The molecule has 4 rings (SSSR count). The summed E-state index contributed by atoms with van der Waals surface area (Å²) in [4.78, 5) is 32.7. The highest BCUT2D eigenvalue weighted by Crippen LogP contribution is 2.23. The van der Waals surface area contributed by atoms with Gasteiger partial charge in [0, 0.05) is 27.1 Å². The van der Waals surface area contributed by atoms with Gasteiger partial charge < -0.3 is 9.80 Å². The van der Waals surface area contributed by atoms with Crippen molar-refractivity contribution < 1.29 is 9.59 Å². The second-order valence-corrected chi connectivity index (χ2v) is 8.30. The van der Waals surface area contributed by atoms with Crippen LogP contribution in [0.5, 0.6) is 0 Å². The molecule has 0 saturated heterocycles. The van der Waals surface area contributed by atoms with Gasteiger partial charge in [0.05, 0.1) is 34.0 Å². The first-order valence-corrected chi connectivity index (χ1v) is 10.2. The summed E-state index contributed by atoms with van der Waals surface area (Å²) >= 11 is 1.70. The molecule has 146 valence electrons. The van der Waals surface area contributed by atoms with Gasteiger partial charge in [-0.15, -0.1) is 11.3 Å². The molecule has 2 amide bonds. The van der Waals surface area contributed by atoms with Crippen LogP contribution in [0, 0.1) is 0 Å². The molecule has 0 unspecified atom stereocenters. The van der Waals surface area contributed by atoms with Gasteiger partial charge in [0.1, 0.15) is 0 Å². The van der Waals surface area contributed by atoms with Crippen LogP contribution in [-0.2, 0) is 24.3 Å². The molecule has 0 fully saturated rings. The molecule has 3 aromatic rings. The summed E-state index contributed by atoms with van der Waals surface area (Å²) in [5.41, 5.74) is 2.38. The number of aryl methyl sites for hydroxylation is 1.